The fourth-order valence-electron chi connectivity index (χ4n) is 0.800. The molecular weight excluding hydrogens is 224 g/mol. The molecule has 0 aromatic carbocycles. The molecule has 0 bridgehead atoms. The lowest BCUT2D eigenvalue weighted by molar-refractivity contribution is -0.114. The van der Waals surface area contributed by atoms with E-state index in [0.29, 0.717) is 5.13 Å². The zero-order valence-corrected chi connectivity index (χ0v) is 9.45. The zero-order valence-electron chi connectivity index (χ0n) is 7.82. The normalized spacial score (nSPS) is 9.29. The molecule has 1 rings (SSSR count). The van der Waals surface area contributed by atoms with Gasteiger partial charge in [-0.25, -0.2) is 4.98 Å². The topological polar surface area (TPSA) is 80.9 Å². The van der Waals surface area contributed by atoms with Gasteiger partial charge in [-0.3, -0.25) is 10.1 Å². The summed E-state index contributed by atoms with van der Waals surface area (Å²) in [5.74, 6) is 0.541. The summed E-state index contributed by atoms with van der Waals surface area (Å²) in [5, 5.41) is 3.08. The lowest BCUT2D eigenvalue weighted by Crippen LogP contribution is -2.21. The second kappa shape index (κ2) is 6.69. The molecule has 14 heavy (non-hydrogen) atoms. The van der Waals surface area contributed by atoms with Crippen molar-refractivity contribution in [2.75, 3.05) is 11.9 Å². The van der Waals surface area contributed by atoms with Gasteiger partial charge in [0.25, 0.3) is 0 Å². The van der Waals surface area contributed by atoms with E-state index in [1.807, 2.05) is 0 Å². The predicted molar refractivity (Wildman–Crippen MR) is 58.8 cm³/mol. The molecule has 1 heterocycles. The van der Waals surface area contributed by atoms with Gasteiger partial charge in [0, 0.05) is 18.0 Å². The summed E-state index contributed by atoms with van der Waals surface area (Å²) in [6.07, 6.45) is 1.84. The first-order valence-electron chi connectivity index (χ1n) is 4.08. The van der Waals surface area contributed by atoms with Crippen molar-refractivity contribution in [3.63, 3.8) is 0 Å². The van der Waals surface area contributed by atoms with Crippen molar-refractivity contribution in [2.45, 2.75) is 19.8 Å². The molecule has 0 fully saturated rings. The SMILES string of the molecule is CCCc1nsc(NC(=O)CN)n1.Cl. The van der Waals surface area contributed by atoms with E-state index in [-0.39, 0.29) is 24.9 Å². The van der Waals surface area contributed by atoms with E-state index in [9.17, 15) is 4.79 Å². The van der Waals surface area contributed by atoms with E-state index in [2.05, 4.69) is 21.6 Å². The summed E-state index contributed by atoms with van der Waals surface area (Å²) in [5.41, 5.74) is 5.13. The summed E-state index contributed by atoms with van der Waals surface area (Å²) in [4.78, 5) is 15.0. The molecule has 80 valence electrons. The van der Waals surface area contributed by atoms with Crippen molar-refractivity contribution in [3.8, 4) is 0 Å². The highest BCUT2D eigenvalue weighted by molar-refractivity contribution is 7.09. The number of anilines is 1. The molecule has 0 saturated heterocycles. The van der Waals surface area contributed by atoms with Crippen LogP contribution < -0.4 is 11.1 Å². The van der Waals surface area contributed by atoms with Crippen LogP contribution in [0.25, 0.3) is 0 Å². The van der Waals surface area contributed by atoms with Crippen LogP contribution in [0, 0.1) is 0 Å². The number of nitrogens with zero attached hydrogens (tertiary/aromatic N) is 2. The number of nitrogens with two attached hydrogens (primary N) is 1. The molecule has 0 aliphatic rings. The highest BCUT2D eigenvalue weighted by atomic mass is 35.5. The fraction of sp³-hybridized carbons (Fsp3) is 0.571. The second-order valence-electron chi connectivity index (χ2n) is 2.52. The Bertz CT molecular complexity index is 291. The van der Waals surface area contributed by atoms with Gasteiger partial charge in [0.05, 0.1) is 6.54 Å². The van der Waals surface area contributed by atoms with Crippen molar-refractivity contribution < 1.29 is 4.79 Å². The standard InChI is InChI=1S/C7H12N4OS.ClH/c1-2-3-5-9-7(13-11-5)10-6(12)4-8;/h2-4,8H2,1H3,(H,9,10,11,12);1H. The number of nitrogens with one attached hydrogen (secondary N) is 1. The maximum absolute atomic E-state index is 10.9. The maximum Gasteiger partial charge on any atom is 0.239 e. The molecule has 0 radical (unpaired) electrons. The van der Waals surface area contributed by atoms with Crippen LogP contribution in [-0.2, 0) is 11.2 Å². The number of carbonyl (C=O) groups is 1. The third kappa shape index (κ3) is 3.99. The van der Waals surface area contributed by atoms with E-state index in [1.54, 1.807) is 0 Å². The van der Waals surface area contributed by atoms with Crippen LogP contribution in [0.3, 0.4) is 0 Å². The van der Waals surface area contributed by atoms with E-state index >= 15 is 0 Å². The molecule has 0 saturated carbocycles. The number of rotatable bonds is 4. The summed E-state index contributed by atoms with van der Waals surface area (Å²) in [6, 6.07) is 0. The molecule has 1 aromatic heterocycles. The molecule has 0 aliphatic carbocycles. The minimum Gasteiger partial charge on any atom is -0.322 e. The quantitative estimate of drug-likeness (QED) is 0.811. The molecule has 0 unspecified atom stereocenters. The van der Waals surface area contributed by atoms with Crippen molar-refractivity contribution in [1.29, 1.82) is 0 Å². The first kappa shape index (κ1) is 13.3. The number of carbonyl (C=O) groups excluding carboxylic acids is 1. The van der Waals surface area contributed by atoms with Crippen LogP contribution in [0.15, 0.2) is 0 Å². The summed E-state index contributed by atoms with van der Waals surface area (Å²) < 4.78 is 4.07. The zero-order chi connectivity index (χ0) is 9.68. The number of aryl methyl sites for hydroxylation is 1. The predicted octanol–water partition coefficient (Wildman–Crippen LogP) is 0.810. The Morgan fingerprint density at radius 1 is 1.64 bits per heavy atom. The molecule has 0 atom stereocenters. The molecule has 0 spiro atoms. The van der Waals surface area contributed by atoms with Crippen LogP contribution in [0.5, 0.6) is 0 Å². The first-order chi connectivity index (χ1) is 6.26. The third-order valence-corrected chi connectivity index (χ3v) is 2.04. The lowest BCUT2D eigenvalue weighted by atomic mass is 10.3. The lowest BCUT2D eigenvalue weighted by Gasteiger charge is -1.94. The number of hydrogen-bond acceptors (Lipinski definition) is 5. The van der Waals surface area contributed by atoms with E-state index in [0.717, 1.165) is 18.7 Å². The van der Waals surface area contributed by atoms with Crippen LogP contribution in [0.1, 0.15) is 19.2 Å². The minimum atomic E-state index is -0.237. The molecule has 1 aromatic rings. The molecule has 7 heteroatoms. The Balaban J connectivity index is 0.00000169. The molecule has 1 amide bonds. The molecule has 0 aliphatic heterocycles. The number of hydrogen-bond donors (Lipinski definition) is 2. The maximum atomic E-state index is 10.9. The summed E-state index contributed by atoms with van der Waals surface area (Å²) in [7, 11) is 0. The summed E-state index contributed by atoms with van der Waals surface area (Å²) in [6.45, 7) is 2.03. The largest absolute Gasteiger partial charge is 0.322 e. The number of halogens is 1. The molecule has 3 N–H and O–H groups in total. The van der Waals surface area contributed by atoms with Gasteiger partial charge in [0.2, 0.25) is 11.0 Å². The van der Waals surface area contributed by atoms with Crippen LogP contribution in [0.4, 0.5) is 5.13 Å². The van der Waals surface area contributed by atoms with E-state index in [4.69, 9.17) is 5.73 Å². The van der Waals surface area contributed by atoms with Gasteiger partial charge in [-0.1, -0.05) is 6.92 Å². The Morgan fingerprint density at radius 3 is 2.93 bits per heavy atom. The van der Waals surface area contributed by atoms with Gasteiger partial charge in [-0.15, -0.1) is 12.4 Å². The second-order valence-corrected chi connectivity index (χ2v) is 3.27. The van der Waals surface area contributed by atoms with Gasteiger partial charge in [-0.05, 0) is 6.42 Å². The van der Waals surface area contributed by atoms with Gasteiger partial charge in [-0.2, -0.15) is 4.37 Å². The van der Waals surface area contributed by atoms with Gasteiger partial charge >= 0.3 is 0 Å². The number of aromatic nitrogens is 2. The van der Waals surface area contributed by atoms with Gasteiger partial charge in [0.15, 0.2) is 0 Å². The fourth-order valence-corrected chi connectivity index (χ4v) is 1.43. The van der Waals surface area contributed by atoms with Crippen molar-refractivity contribution in [3.05, 3.63) is 5.82 Å². The van der Waals surface area contributed by atoms with Crippen LogP contribution in [0.2, 0.25) is 0 Å². The highest BCUT2D eigenvalue weighted by Gasteiger charge is 2.05. The van der Waals surface area contributed by atoms with Crippen molar-refractivity contribution in [2.24, 2.45) is 5.73 Å². The number of amides is 1. The average molecular weight is 237 g/mol. The first-order valence-corrected chi connectivity index (χ1v) is 4.86. The molecule has 5 nitrogen and oxygen atoms in total. The average Bonchev–Trinajstić information content (AvgIpc) is 2.53. The van der Waals surface area contributed by atoms with Crippen molar-refractivity contribution >= 4 is 35.0 Å². The Hall–Kier alpha value is -0.720. The highest BCUT2D eigenvalue weighted by Crippen LogP contribution is 2.11. The van der Waals surface area contributed by atoms with E-state index < -0.39 is 0 Å². The monoisotopic (exact) mass is 236 g/mol. The Labute approximate surface area is 92.7 Å². The van der Waals surface area contributed by atoms with Crippen LogP contribution in [-0.4, -0.2) is 21.8 Å². The smallest absolute Gasteiger partial charge is 0.239 e. The minimum absolute atomic E-state index is 0. The summed E-state index contributed by atoms with van der Waals surface area (Å²) >= 11 is 1.18. The van der Waals surface area contributed by atoms with Crippen LogP contribution >= 0.6 is 23.9 Å². The van der Waals surface area contributed by atoms with E-state index in [1.165, 1.54) is 11.5 Å². The van der Waals surface area contributed by atoms with Gasteiger partial charge < -0.3 is 5.73 Å². The molecular formula is C7H13ClN4OS. The van der Waals surface area contributed by atoms with Crippen molar-refractivity contribution in [1.82, 2.24) is 9.36 Å². The Kier molecular flexibility index (Phi) is 6.35. The third-order valence-electron chi connectivity index (χ3n) is 1.37. The Morgan fingerprint density at radius 2 is 2.36 bits per heavy atom. The van der Waals surface area contributed by atoms with Gasteiger partial charge in [0.1, 0.15) is 5.82 Å².